The summed E-state index contributed by atoms with van der Waals surface area (Å²) < 4.78 is 1.88. The van der Waals surface area contributed by atoms with Crippen molar-refractivity contribution in [1.29, 1.82) is 0 Å². The van der Waals surface area contributed by atoms with Crippen molar-refractivity contribution in [3.8, 4) is 5.69 Å². The first-order valence-corrected chi connectivity index (χ1v) is 9.78. The minimum absolute atomic E-state index is 0.0612. The fourth-order valence-electron chi connectivity index (χ4n) is 3.91. The second-order valence-electron chi connectivity index (χ2n) is 7.52. The van der Waals surface area contributed by atoms with Crippen LogP contribution < -0.4 is 5.32 Å². The number of rotatable bonds is 5. The van der Waals surface area contributed by atoms with E-state index < -0.39 is 0 Å². The van der Waals surface area contributed by atoms with E-state index in [1.165, 1.54) is 5.56 Å². The van der Waals surface area contributed by atoms with Crippen LogP contribution in [0.3, 0.4) is 0 Å². The van der Waals surface area contributed by atoms with E-state index in [1.54, 1.807) is 4.90 Å². The van der Waals surface area contributed by atoms with Crippen molar-refractivity contribution in [3.63, 3.8) is 0 Å². The topological polar surface area (TPSA) is 50.2 Å². The molecule has 1 aliphatic heterocycles. The van der Waals surface area contributed by atoms with Gasteiger partial charge in [0.2, 0.25) is 0 Å². The van der Waals surface area contributed by atoms with Crippen LogP contribution in [0.4, 0.5) is 0 Å². The Morgan fingerprint density at radius 2 is 2.00 bits per heavy atom. The highest BCUT2D eigenvalue weighted by Gasteiger charge is 2.23. The highest BCUT2D eigenvalue weighted by atomic mass is 16.2. The summed E-state index contributed by atoms with van der Waals surface area (Å²) in [5, 5.41) is 7.88. The van der Waals surface area contributed by atoms with Crippen LogP contribution >= 0.6 is 0 Å². The molecule has 0 radical (unpaired) electrons. The SMILES string of the molecule is Cc1ccccc1-n1cc(CN(C)C(=O)c2ccccc2C2CCNC2)cn1. The molecule has 1 aliphatic rings. The average molecular weight is 374 g/mol. The Balaban J connectivity index is 1.51. The minimum atomic E-state index is 0.0612. The Bertz CT molecular complexity index is 972. The number of carbonyl (C=O) groups excluding carboxylic acids is 1. The van der Waals surface area contributed by atoms with Gasteiger partial charge in [0.05, 0.1) is 11.9 Å². The molecule has 0 bridgehead atoms. The van der Waals surface area contributed by atoms with Gasteiger partial charge >= 0.3 is 0 Å². The van der Waals surface area contributed by atoms with Crippen molar-refractivity contribution in [3.05, 3.63) is 83.2 Å². The monoisotopic (exact) mass is 374 g/mol. The summed E-state index contributed by atoms with van der Waals surface area (Å²) in [5.74, 6) is 0.475. The molecule has 2 aromatic carbocycles. The van der Waals surface area contributed by atoms with E-state index in [0.29, 0.717) is 12.5 Å². The first-order valence-electron chi connectivity index (χ1n) is 9.78. The fourth-order valence-corrected chi connectivity index (χ4v) is 3.91. The fraction of sp³-hybridized carbons (Fsp3) is 0.304. The molecular weight excluding hydrogens is 348 g/mol. The standard InChI is InChI=1S/C23H26N4O/c1-17-7-3-6-10-22(17)27-16-18(13-25-27)15-26(2)23(28)21-9-5-4-8-20(21)19-11-12-24-14-19/h3-10,13,16,19,24H,11-12,14-15H2,1-2H3. The zero-order chi connectivity index (χ0) is 19.5. The zero-order valence-electron chi connectivity index (χ0n) is 16.4. The van der Waals surface area contributed by atoms with Gasteiger partial charge < -0.3 is 10.2 Å². The molecule has 1 atom stereocenters. The lowest BCUT2D eigenvalue weighted by Gasteiger charge is -2.20. The molecule has 3 aromatic rings. The van der Waals surface area contributed by atoms with Crippen LogP contribution in [0.25, 0.3) is 5.69 Å². The largest absolute Gasteiger partial charge is 0.337 e. The van der Waals surface area contributed by atoms with Gasteiger partial charge in [-0.15, -0.1) is 0 Å². The molecule has 0 spiro atoms. The van der Waals surface area contributed by atoms with E-state index in [9.17, 15) is 4.79 Å². The molecule has 0 saturated carbocycles. The molecule has 28 heavy (non-hydrogen) atoms. The van der Waals surface area contributed by atoms with E-state index in [1.807, 2.05) is 60.5 Å². The highest BCUT2D eigenvalue weighted by Crippen LogP contribution is 2.26. The molecule has 0 aliphatic carbocycles. The minimum Gasteiger partial charge on any atom is -0.337 e. The Labute approximate surface area is 166 Å². The molecule has 1 saturated heterocycles. The molecule has 5 nitrogen and oxygen atoms in total. The van der Waals surface area contributed by atoms with Gasteiger partial charge in [0.1, 0.15) is 0 Å². The molecule has 1 fully saturated rings. The van der Waals surface area contributed by atoms with Gasteiger partial charge in [-0.05, 0) is 49.1 Å². The molecule has 1 N–H and O–H groups in total. The van der Waals surface area contributed by atoms with Crippen LogP contribution in [-0.2, 0) is 6.54 Å². The molecule has 5 heteroatoms. The summed E-state index contributed by atoms with van der Waals surface area (Å²) in [4.78, 5) is 14.9. The normalized spacial score (nSPS) is 16.3. The summed E-state index contributed by atoms with van der Waals surface area (Å²) in [5.41, 5.74) is 5.20. The number of nitrogens with zero attached hydrogens (tertiary/aromatic N) is 3. The van der Waals surface area contributed by atoms with Crippen LogP contribution in [0.15, 0.2) is 60.9 Å². The maximum Gasteiger partial charge on any atom is 0.254 e. The van der Waals surface area contributed by atoms with E-state index in [0.717, 1.165) is 41.9 Å². The summed E-state index contributed by atoms with van der Waals surface area (Å²) in [6.07, 6.45) is 4.92. The van der Waals surface area contributed by atoms with Crippen molar-refractivity contribution in [2.75, 3.05) is 20.1 Å². The van der Waals surface area contributed by atoms with E-state index in [2.05, 4.69) is 29.5 Å². The van der Waals surface area contributed by atoms with Gasteiger partial charge in [-0.3, -0.25) is 4.79 Å². The first kappa shape index (κ1) is 18.4. The lowest BCUT2D eigenvalue weighted by Crippen LogP contribution is -2.27. The summed E-state index contributed by atoms with van der Waals surface area (Å²) in [7, 11) is 1.86. The van der Waals surface area contributed by atoms with Crippen LogP contribution in [-0.4, -0.2) is 40.7 Å². The first-order chi connectivity index (χ1) is 13.6. The van der Waals surface area contributed by atoms with E-state index in [4.69, 9.17) is 0 Å². The Morgan fingerprint density at radius 1 is 1.21 bits per heavy atom. The number of amides is 1. The zero-order valence-corrected chi connectivity index (χ0v) is 16.4. The van der Waals surface area contributed by atoms with Crippen LogP contribution in [0.1, 0.15) is 39.4 Å². The molecule has 2 heterocycles. The van der Waals surface area contributed by atoms with Crippen molar-refractivity contribution >= 4 is 5.91 Å². The number of hydrogen-bond donors (Lipinski definition) is 1. The van der Waals surface area contributed by atoms with Gasteiger partial charge in [0, 0.05) is 37.5 Å². The van der Waals surface area contributed by atoms with Gasteiger partial charge in [-0.25, -0.2) is 4.68 Å². The molecule has 1 amide bonds. The van der Waals surface area contributed by atoms with Gasteiger partial charge in [-0.2, -0.15) is 5.10 Å². The molecular formula is C23H26N4O. The van der Waals surface area contributed by atoms with Crippen LogP contribution in [0, 0.1) is 6.92 Å². The van der Waals surface area contributed by atoms with Crippen molar-refractivity contribution in [2.24, 2.45) is 0 Å². The third-order valence-corrected chi connectivity index (χ3v) is 5.46. The van der Waals surface area contributed by atoms with Gasteiger partial charge in [-0.1, -0.05) is 36.4 Å². The number of hydrogen-bond acceptors (Lipinski definition) is 3. The number of para-hydroxylation sites is 1. The van der Waals surface area contributed by atoms with Crippen molar-refractivity contribution < 1.29 is 4.79 Å². The summed E-state index contributed by atoms with van der Waals surface area (Å²) in [6.45, 7) is 4.56. The highest BCUT2D eigenvalue weighted by molar-refractivity contribution is 5.95. The second kappa shape index (κ2) is 7.98. The third-order valence-electron chi connectivity index (χ3n) is 5.46. The lowest BCUT2D eigenvalue weighted by molar-refractivity contribution is 0.0783. The molecule has 1 unspecified atom stereocenters. The van der Waals surface area contributed by atoms with Crippen molar-refractivity contribution in [2.45, 2.75) is 25.8 Å². The summed E-state index contributed by atoms with van der Waals surface area (Å²) >= 11 is 0. The average Bonchev–Trinajstić information content (AvgIpc) is 3.40. The van der Waals surface area contributed by atoms with Crippen LogP contribution in [0.5, 0.6) is 0 Å². The maximum absolute atomic E-state index is 13.1. The number of benzene rings is 2. The number of nitrogens with one attached hydrogen (secondary N) is 1. The Morgan fingerprint density at radius 3 is 2.79 bits per heavy atom. The number of aromatic nitrogens is 2. The number of carbonyl (C=O) groups is 1. The lowest BCUT2D eigenvalue weighted by atomic mass is 9.93. The van der Waals surface area contributed by atoms with Crippen molar-refractivity contribution in [1.82, 2.24) is 20.0 Å². The smallest absolute Gasteiger partial charge is 0.254 e. The molecule has 1 aromatic heterocycles. The quantitative estimate of drug-likeness (QED) is 0.743. The Hall–Kier alpha value is -2.92. The maximum atomic E-state index is 13.1. The van der Waals surface area contributed by atoms with Gasteiger partial charge in [0.25, 0.3) is 5.91 Å². The number of aryl methyl sites for hydroxylation is 1. The Kier molecular flexibility index (Phi) is 5.26. The predicted molar refractivity (Wildman–Crippen MR) is 111 cm³/mol. The molecule has 4 rings (SSSR count). The summed E-state index contributed by atoms with van der Waals surface area (Å²) in [6, 6.07) is 16.2. The van der Waals surface area contributed by atoms with Crippen LogP contribution in [0.2, 0.25) is 0 Å². The van der Waals surface area contributed by atoms with E-state index >= 15 is 0 Å². The van der Waals surface area contributed by atoms with E-state index in [-0.39, 0.29) is 5.91 Å². The molecule has 144 valence electrons. The second-order valence-corrected chi connectivity index (χ2v) is 7.52. The third kappa shape index (κ3) is 3.71. The predicted octanol–water partition coefficient (Wildman–Crippen LogP) is 3.53. The van der Waals surface area contributed by atoms with Gasteiger partial charge in [0.15, 0.2) is 0 Å².